The number of hydrogen-bond acceptors (Lipinski definition) is 2. The minimum absolute atomic E-state index is 0.0466. The Labute approximate surface area is 87.5 Å². The minimum atomic E-state index is -2.56. The van der Waals surface area contributed by atoms with Gasteiger partial charge in [-0.3, -0.25) is 4.79 Å². The molecule has 0 aliphatic heterocycles. The van der Waals surface area contributed by atoms with Crippen LogP contribution in [0.15, 0.2) is 6.07 Å². The monoisotopic (exact) mass is 297 g/mol. The van der Waals surface area contributed by atoms with Crippen LogP contribution in [0.4, 0.5) is 8.78 Å². The highest BCUT2D eigenvalue weighted by molar-refractivity contribution is 14.1. The zero-order valence-electron chi connectivity index (χ0n) is 6.72. The largest absolute Gasteiger partial charge is 0.296 e. The van der Waals surface area contributed by atoms with Gasteiger partial charge in [0.25, 0.3) is 6.43 Å². The molecule has 1 rings (SSSR count). The van der Waals surface area contributed by atoms with E-state index in [0.29, 0.717) is 15.6 Å². The van der Waals surface area contributed by atoms with Crippen LogP contribution in [-0.2, 0) is 0 Å². The number of aromatic nitrogens is 1. The maximum absolute atomic E-state index is 12.4. The summed E-state index contributed by atoms with van der Waals surface area (Å²) in [5.41, 5.74) is 0.355. The van der Waals surface area contributed by atoms with E-state index < -0.39 is 6.43 Å². The molecule has 70 valence electrons. The van der Waals surface area contributed by atoms with E-state index in [1.165, 1.54) is 0 Å². The summed E-state index contributed by atoms with van der Waals surface area (Å²) in [4.78, 5) is 14.2. The minimum Gasteiger partial charge on any atom is -0.296 e. The van der Waals surface area contributed by atoms with Crippen molar-refractivity contribution in [1.82, 2.24) is 4.98 Å². The average Bonchev–Trinajstić information content (AvgIpc) is 2.09. The van der Waals surface area contributed by atoms with Crippen LogP contribution < -0.4 is 0 Å². The van der Waals surface area contributed by atoms with Gasteiger partial charge in [0.1, 0.15) is 9.39 Å². The Morgan fingerprint density at radius 3 is 2.69 bits per heavy atom. The molecule has 5 heteroatoms. The highest BCUT2D eigenvalue weighted by Crippen LogP contribution is 2.25. The summed E-state index contributed by atoms with van der Waals surface area (Å²) >= 11 is 1.83. The van der Waals surface area contributed by atoms with Crippen LogP contribution in [0.5, 0.6) is 0 Å². The first-order valence-electron chi connectivity index (χ1n) is 3.46. The Kier molecular flexibility index (Phi) is 3.29. The van der Waals surface area contributed by atoms with E-state index >= 15 is 0 Å². The second-order valence-electron chi connectivity index (χ2n) is 2.47. The summed E-state index contributed by atoms with van der Waals surface area (Å²) in [7, 11) is 0. The molecule has 0 saturated heterocycles. The van der Waals surface area contributed by atoms with Crippen LogP contribution in [0.1, 0.15) is 28.0 Å². The predicted octanol–water partition coefficient (Wildman–Crippen LogP) is 2.74. The molecule has 0 atom stereocenters. The summed E-state index contributed by atoms with van der Waals surface area (Å²) in [5, 5.41) is 0. The molecule has 0 aliphatic carbocycles. The van der Waals surface area contributed by atoms with E-state index in [2.05, 4.69) is 4.98 Å². The van der Waals surface area contributed by atoms with E-state index in [4.69, 9.17) is 0 Å². The van der Waals surface area contributed by atoms with E-state index in [1.54, 1.807) is 6.92 Å². The number of hydrogen-bond donors (Lipinski definition) is 0. The van der Waals surface area contributed by atoms with E-state index in [9.17, 15) is 13.6 Å². The summed E-state index contributed by atoms with van der Waals surface area (Å²) in [6.07, 6.45) is -2.09. The normalized spacial score (nSPS) is 10.5. The third-order valence-corrected chi connectivity index (χ3v) is 2.68. The molecule has 1 aromatic rings. The smallest absolute Gasteiger partial charge is 0.264 e. The van der Waals surface area contributed by atoms with Crippen molar-refractivity contribution < 1.29 is 13.6 Å². The fourth-order valence-electron chi connectivity index (χ4n) is 0.903. The Morgan fingerprint density at radius 1 is 1.62 bits per heavy atom. The maximum atomic E-state index is 12.4. The predicted molar refractivity (Wildman–Crippen MR) is 52.0 cm³/mol. The van der Waals surface area contributed by atoms with Crippen LogP contribution >= 0.6 is 22.6 Å². The van der Waals surface area contributed by atoms with Gasteiger partial charge in [-0.25, -0.2) is 13.8 Å². The first-order valence-corrected chi connectivity index (χ1v) is 4.54. The van der Waals surface area contributed by atoms with Gasteiger partial charge in [-0.15, -0.1) is 0 Å². The third kappa shape index (κ3) is 2.20. The van der Waals surface area contributed by atoms with Gasteiger partial charge < -0.3 is 0 Å². The van der Waals surface area contributed by atoms with E-state index in [0.717, 1.165) is 6.07 Å². The van der Waals surface area contributed by atoms with Crippen LogP contribution in [-0.4, -0.2) is 11.3 Å². The van der Waals surface area contributed by atoms with Gasteiger partial charge >= 0.3 is 0 Å². The van der Waals surface area contributed by atoms with E-state index in [1.807, 2.05) is 22.6 Å². The maximum Gasteiger partial charge on any atom is 0.264 e. The Bertz CT molecular complexity index is 341. The topological polar surface area (TPSA) is 30.0 Å². The second-order valence-corrected chi connectivity index (χ2v) is 3.49. The van der Waals surface area contributed by atoms with Crippen LogP contribution in [0.3, 0.4) is 0 Å². The molecule has 1 heterocycles. The number of alkyl halides is 2. The Balaban J connectivity index is 3.32. The molecule has 2 nitrogen and oxygen atoms in total. The van der Waals surface area contributed by atoms with Crippen molar-refractivity contribution in [2.75, 3.05) is 0 Å². The molecule has 0 unspecified atom stereocenters. The van der Waals surface area contributed by atoms with Crippen LogP contribution in [0, 0.1) is 10.6 Å². The van der Waals surface area contributed by atoms with Crippen LogP contribution in [0.25, 0.3) is 0 Å². The van der Waals surface area contributed by atoms with E-state index in [-0.39, 0.29) is 11.3 Å². The lowest BCUT2D eigenvalue weighted by molar-refractivity contribution is 0.111. The summed E-state index contributed by atoms with van der Waals surface area (Å²) in [6.45, 7) is 1.56. The fourth-order valence-corrected chi connectivity index (χ4v) is 1.49. The van der Waals surface area contributed by atoms with Crippen molar-refractivity contribution in [3.63, 3.8) is 0 Å². The lowest BCUT2D eigenvalue weighted by Gasteiger charge is -2.06. The highest BCUT2D eigenvalue weighted by atomic mass is 127. The molecule has 0 saturated carbocycles. The Hall–Kier alpha value is -0.590. The van der Waals surface area contributed by atoms with Gasteiger partial charge in [-0.2, -0.15) is 0 Å². The fraction of sp³-hybridized carbons (Fsp3) is 0.250. The lowest BCUT2D eigenvalue weighted by atomic mass is 10.1. The molecule has 0 bridgehead atoms. The summed E-state index contributed by atoms with van der Waals surface area (Å²) < 4.78 is 25.2. The molecule has 0 aromatic carbocycles. The molecule has 1 aromatic heterocycles. The van der Waals surface area contributed by atoms with Gasteiger partial charge in [-0.05, 0) is 41.1 Å². The summed E-state index contributed by atoms with van der Waals surface area (Å²) in [5.74, 6) is 0. The van der Waals surface area contributed by atoms with Crippen molar-refractivity contribution in [1.29, 1.82) is 0 Å². The quantitative estimate of drug-likeness (QED) is 0.477. The molecule has 0 fully saturated rings. The van der Waals surface area contributed by atoms with Crippen molar-refractivity contribution in [2.24, 2.45) is 0 Å². The molecule has 0 aliphatic rings. The third-order valence-electron chi connectivity index (χ3n) is 1.63. The van der Waals surface area contributed by atoms with Crippen molar-refractivity contribution >= 4 is 28.9 Å². The SMILES string of the molecule is Cc1c(C(F)F)cc(C=O)nc1I. The number of aldehydes is 1. The zero-order valence-corrected chi connectivity index (χ0v) is 8.88. The molecule has 0 N–H and O–H groups in total. The Morgan fingerprint density at radius 2 is 2.23 bits per heavy atom. The number of rotatable bonds is 2. The zero-order chi connectivity index (χ0) is 10.0. The molecular weight excluding hydrogens is 291 g/mol. The molecule has 0 radical (unpaired) electrons. The van der Waals surface area contributed by atoms with Gasteiger partial charge in [0.05, 0.1) is 0 Å². The highest BCUT2D eigenvalue weighted by Gasteiger charge is 2.14. The molecule has 0 amide bonds. The summed E-state index contributed by atoms with van der Waals surface area (Å²) in [6, 6.07) is 1.12. The van der Waals surface area contributed by atoms with Crippen molar-refractivity contribution in [3.05, 3.63) is 26.6 Å². The van der Waals surface area contributed by atoms with Gasteiger partial charge in [0, 0.05) is 5.56 Å². The number of nitrogens with zero attached hydrogens (tertiary/aromatic N) is 1. The van der Waals surface area contributed by atoms with Crippen molar-refractivity contribution in [3.8, 4) is 0 Å². The number of halogens is 3. The molecule has 13 heavy (non-hydrogen) atoms. The first-order chi connectivity index (χ1) is 6.06. The first kappa shape index (κ1) is 10.5. The number of carbonyl (C=O) groups excluding carboxylic acids is 1. The lowest BCUT2D eigenvalue weighted by Crippen LogP contribution is -1.99. The van der Waals surface area contributed by atoms with Gasteiger partial charge in [0.15, 0.2) is 6.29 Å². The van der Waals surface area contributed by atoms with Crippen LogP contribution in [0.2, 0.25) is 0 Å². The van der Waals surface area contributed by atoms with Gasteiger partial charge in [0.2, 0.25) is 0 Å². The standard InChI is InChI=1S/C8H6F2INO/c1-4-6(7(9)10)2-5(3-13)12-8(4)11/h2-3,7H,1H3. The second kappa shape index (κ2) is 4.08. The van der Waals surface area contributed by atoms with Gasteiger partial charge in [-0.1, -0.05) is 0 Å². The molecule has 0 spiro atoms. The molecular formula is C8H6F2INO. The average molecular weight is 297 g/mol. The van der Waals surface area contributed by atoms with Crippen molar-refractivity contribution in [2.45, 2.75) is 13.3 Å². The number of carbonyl (C=O) groups is 1. The number of pyridine rings is 1.